The molecule has 1 aromatic heterocycles. The zero-order valence-corrected chi connectivity index (χ0v) is 20.2. The van der Waals surface area contributed by atoms with Crippen LogP contribution in [0.3, 0.4) is 0 Å². The van der Waals surface area contributed by atoms with Crippen LogP contribution in [0.2, 0.25) is 0 Å². The number of rotatable bonds is 5. The van der Waals surface area contributed by atoms with Gasteiger partial charge in [0.2, 0.25) is 5.91 Å². The van der Waals surface area contributed by atoms with Crippen molar-refractivity contribution in [2.75, 3.05) is 5.32 Å². The molecular weight excluding hydrogens is 460 g/mol. The Morgan fingerprint density at radius 2 is 1.57 bits per heavy atom. The van der Waals surface area contributed by atoms with Crippen LogP contribution in [-0.2, 0) is 11.8 Å². The van der Waals surface area contributed by atoms with E-state index in [0.29, 0.717) is 33.1 Å². The van der Waals surface area contributed by atoms with E-state index in [4.69, 9.17) is 0 Å². The Morgan fingerprint density at radius 3 is 2.29 bits per heavy atom. The van der Waals surface area contributed by atoms with Gasteiger partial charge in [0.1, 0.15) is 0 Å². The number of carbonyl (C=O) groups excluding carboxylic acids is 3. The molecule has 0 saturated heterocycles. The third-order valence-corrected chi connectivity index (χ3v) is 7.09. The van der Waals surface area contributed by atoms with Crippen LogP contribution in [0.4, 0.5) is 5.69 Å². The molecule has 0 aliphatic heterocycles. The largest absolute Gasteiger partial charge is 0.325 e. The molecule has 1 aliphatic rings. The number of hydrogen-bond donors (Lipinski definition) is 1. The van der Waals surface area contributed by atoms with Gasteiger partial charge in [-0.2, -0.15) is 0 Å². The third-order valence-electron chi connectivity index (χ3n) is 5.96. The van der Waals surface area contributed by atoms with Gasteiger partial charge in [0.05, 0.1) is 5.25 Å². The van der Waals surface area contributed by atoms with Crippen molar-refractivity contribution < 1.29 is 14.4 Å². The molecule has 5 rings (SSSR count). The molecule has 174 valence electrons. The smallest absolute Gasteiger partial charge is 0.237 e. The Hall–Kier alpha value is -4.04. The minimum absolute atomic E-state index is 0.191. The van der Waals surface area contributed by atoms with Crippen molar-refractivity contribution >= 4 is 34.9 Å². The number of ketones is 2. The van der Waals surface area contributed by atoms with E-state index in [1.54, 1.807) is 49.4 Å². The fourth-order valence-corrected chi connectivity index (χ4v) is 4.90. The third kappa shape index (κ3) is 4.17. The summed E-state index contributed by atoms with van der Waals surface area (Å²) < 4.78 is 1.86. The summed E-state index contributed by atoms with van der Waals surface area (Å²) >= 11 is 1.29. The molecule has 1 atom stereocenters. The number of aromatic nitrogens is 3. The molecule has 0 fully saturated rings. The van der Waals surface area contributed by atoms with E-state index < -0.39 is 5.25 Å². The lowest BCUT2D eigenvalue weighted by atomic mass is 9.84. The second-order valence-electron chi connectivity index (χ2n) is 8.45. The first kappa shape index (κ1) is 22.7. The van der Waals surface area contributed by atoms with E-state index in [2.05, 4.69) is 15.5 Å². The van der Waals surface area contributed by atoms with Crippen LogP contribution in [0.15, 0.2) is 71.9 Å². The Morgan fingerprint density at radius 1 is 0.886 bits per heavy atom. The molecule has 1 aliphatic carbocycles. The molecule has 35 heavy (non-hydrogen) atoms. The number of aryl methyl sites for hydroxylation is 1. The predicted octanol–water partition coefficient (Wildman–Crippen LogP) is 4.69. The maximum Gasteiger partial charge on any atom is 0.237 e. The first-order chi connectivity index (χ1) is 16.8. The second kappa shape index (κ2) is 8.96. The van der Waals surface area contributed by atoms with E-state index in [0.717, 1.165) is 17.0 Å². The van der Waals surface area contributed by atoms with Gasteiger partial charge in [0, 0.05) is 40.6 Å². The lowest BCUT2D eigenvalue weighted by molar-refractivity contribution is -0.115. The Balaban J connectivity index is 1.32. The molecule has 0 spiro atoms. The van der Waals surface area contributed by atoms with Gasteiger partial charge in [-0.3, -0.25) is 14.4 Å². The van der Waals surface area contributed by atoms with Crippen molar-refractivity contribution in [1.29, 1.82) is 0 Å². The number of thioether (sulfide) groups is 1. The Bertz CT molecular complexity index is 1510. The number of nitrogens with one attached hydrogen (secondary N) is 1. The molecule has 0 saturated carbocycles. The lowest BCUT2D eigenvalue weighted by Crippen LogP contribution is -2.24. The normalized spacial score (nSPS) is 13.2. The minimum atomic E-state index is -0.475. The quantitative estimate of drug-likeness (QED) is 0.366. The highest BCUT2D eigenvalue weighted by atomic mass is 32.2. The summed E-state index contributed by atoms with van der Waals surface area (Å²) in [5.74, 6) is 0.0622. The van der Waals surface area contributed by atoms with Crippen LogP contribution in [0.1, 0.15) is 44.3 Å². The molecule has 1 amide bonds. The van der Waals surface area contributed by atoms with Gasteiger partial charge in [-0.05, 0) is 38.1 Å². The zero-order chi connectivity index (χ0) is 24.7. The molecule has 7 nitrogen and oxygen atoms in total. The summed E-state index contributed by atoms with van der Waals surface area (Å²) in [6, 6.07) is 19.6. The molecule has 1 N–H and O–H groups in total. The van der Waals surface area contributed by atoms with E-state index >= 15 is 0 Å². The van der Waals surface area contributed by atoms with Gasteiger partial charge in [0.15, 0.2) is 22.5 Å². The highest BCUT2D eigenvalue weighted by Crippen LogP contribution is 2.30. The van der Waals surface area contributed by atoms with Crippen LogP contribution in [0.5, 0.6) is 0 Å². The highest BCUT2D eigenvalue weighted by Gasteiger charge is 2.29. The molecule has 8 heteroatoms. The van der Waals surface area contributed by atoms with E-state index in [1.165, 1.54) is 11.8 Å². The Labute approximate surface area is 206 Å². The SMILES string of the molecule is Cc1cccc(-c2nnc(S[C@@H](C)C(=O)Nc3ccc4c(c3)C(=O)c3ccccc3C4=O)n2C)c1. The molecule has 4 aromatic rings. The molecule has 1 heterocycles. The van der Waals surface area contributed by atoms with Crippen LogP contribution < -0.4 is 5.32 Å². The average Bonchev–Trinajstić information content (AvgIpc) is 3.22. The fourth-order valence-electron chi connectivity index (χ4n) is 4.09. The maximum absolute atomic E-state index is 13.0. The molecule has 0 unspecified atom stereocenters. The van der Waals surface area contributed by atoms with Crippen LogP contribution >= 0.6 is 11.8 Å². The topological polar surface area (TPSA) is 94.0 Å². The summed E-state index contributed by atoms with van der Waals surface area (Å²) in [4.78, 5) is 38.7. The van der Waals surface area contributed by atoms with Gasteiger partial charge in [0.25, 0.3) is 0 Å². The van der Waals surface area contributed by atoms with Crippen LogP contribution in [0.25, 0.3) is 11.4 Å². The summed E-state index contributed by atoms with van der Waals surface area (Å²) in [5, 5.41) is 11.6. The van der Waals surface area contributed by atoms with Gasteiger partial charge in [-0.1, -0.05) is 59.8 Å². The fraction of sp³-hybridized carbons (Fsp3) is 0.148. The van der Waals surface area contributed by atoms with Crippen molar-refractivity contribution in [2.45, 2.75) is 24.3 Å². The number of hydrogen-bond acceptors (Lipinski definition) is 6. The Kier molecular flexibility index (Phi) is 5.82. The lowest BCUT2D eigenvalue weighted by Gasteiger charge is -2.18. The summed E-state index contributed by atoms with van der Waals surface area (Å²) in [6.07, 6.45) is 0. The first-order valence-corrected chi connectivity index (χ1v) is 12.0. The highest BCUT2D eigenvalue weighted by molar-refractivity contribution is 8.00. The number of benzene rings is 3. The van der Waals surface area contributed by atoms with E-state index in [-0.39, 0.29) is 17.5 Å². The zero-order valence-electron chi connectivity index (χ0n) is 19.4. The summed E-state index contributed by atoms with van der Waals surface area (Å²) in [5.41, 5.74) is 3.96. The minimum Gasteiger partial charge on any atom is -0.325 e. The number of anilines is 1. The van der Waals surface area contributed by atoms with Gasteiger partial charge in [-0.25, -0.2) is 0 Å². The number of nitrogens with zero attached hydrogens (tertiary/aromatic N) is 3. The van der Waals surface area contributed by atoms with Crippen molar-refractivity contribution in [3.63, 3.8) is 0 Å². The van der Waals surface area contributed by atoms with E-state index in [1.807, 2.05) is 42.8 Å². The number of fused-ring (bicyclic) bond motifs is 2. The van der Waals surface area contributed by atoms with Crippen LogP contribution in [-0.4, -0.2) is 37.5 Å². The van der Waals surface area contributed by atoms with Crippen molar-refractivity contribution in [2.24, 2.45) is 7.05 Å². The first-order valence-electron chi connectivity index (χ1n) is 11.1. The predicted molar refractivity (Wildman–Crippen MR) is 135 cm³/mol. The molecule has 3 aromatic carbocycles. The van der Waals surface area contributed by atoms with Crippen LogP contribution in [0, 0.1) is 6.92 Å². The standard InChI is InChI=1S/C27H22N4O3S/c1-15-7-6-8-17(13-15)25-29-30-27(31(25)3)35-16(2)26(34)28-18-11-12-21-22(14-18)24(33)20-10-5-4-9-19(20)23(21)32/h4-14,16H,1-3H3,(H,28,34)/t16-/m0/s1. The molecule has 0 bridgehead atoms. The van der Waals surface area contributed by atoms with Crippen molar-refractivity contribution in [3.8, 4) is 11.4 Å². The van der Waals surface area contributed by atoms with Gasteiger partial charge in [-0.15, -0.1) is 10.2 Å². The summed E-state index contributed by atoms with van der Waals surface area (Å²) in [6.45, 7) is 3.80. The number of carbonyl (C=O) groups is 3. The monoisotopic (exact) mass is 482 g/mol. The van der Waals surface area contributed by atoms with E-state index in [9.17, 15) is 14.4 Å². The molecule has 0 radical (unpaired) electrons. The molecular formula is C27H22N4O3S. The average molecular weight is 483 g/mol. The van der Waals surface area contributed by atoms with Gasteiger partial charge >= 0.3 is 0 Å². The van der Waals surface area contributed by atoms with Crippen molar-refractivity contribution in [1.82, 2.24) is 14.8 Å². The second-order valence-corrected chi connectivity index (χ2v) is 9.76. The number of amides is 1. The summed E-state index contributed by atoms with van der Waals surface area (Å²) in [7, 11) is 1.87. The van der Waals surface area contributed by atoms with Crippen molar-refractivity contribution in [3.05, 3.63) is 94.5 Å². The maximum atomic E-state index is 13.0. The van der Waals surface area contributed by atoms with Gasteiger partial charge < -0.3 is 9.88 Å².